The maximum Gasteiger partial charge on any atom is 0.262 e. The molecule has 3 aromatic rings. The predicted molar refractivity (Wildman–Crippen MR) is 109 cm³/mol. The Morgan fingerprint density at radius 3 is 3.04 bits per heavy atom. The summed E-state index contributed by atoms with van der Waals surface area (Å²) in [4.78, 5) is 16.4. The number of rotatable bonds is 3. The van der Waals surface area contributed by atoms with E-state index in [1.54, 1.807) is 0 Å². The van der Waals surface area contributed by atoms with Gasteiger partial charge in [-0.3, -0.25) is 4.79 Å². The topological polar surface area (TPSA) is 80.2 Å². The summed E-state index contributed by atoms with van der Waals surface area (Å²) in [6.07, 6.45) is 3.27. The molecule has 1 aliphatic carbocycles. The van der Waals surface area contributed by atoms with Crippen LogP contribution >= 0.6 is 0 Å². The van der Waals surface area contributed by atoms with Crippen molar-refractivity contribution in [2.75, 3.05) is 24.3 Å². The van der Waals surface area contributed by atoms with Crippen LogP contribution in [0.5, 0.6) is 5.75 Å². The summed E-state index contributed by atoms with van der Waals surface area (Å²) in [5, 5.41) is 10.8. The minimum absolute atomic E-state index is 0.0601. The van der Waals surface area contributed by atoms with E-state index in [0.29, 0.717) is 17.5 Å². The number of pyridine rings is 1. The molecule has 0 saturated carbocycles. The van der Waals surface area contributed by atoms with Crippen LogP contribution in [0.3, 0.4) is 0 Å². The first-order valence-corrected chi connectivity index (χ1v) is 9.60. The van der Waals surface area contributed by atoms with Crippen LogP contribution in [-0.4, -0.2) is 35.2 Å². The number of carbonyl (C=O) groups excluding carboxylic acids is 1. The molecule has 2 aliphatic rings. The van der Waals surface area contributed by atoms with E-state index in [4.69, 9.17) is 9.72 Å². The molecule has 1 unspecified atom stereocenters. The normalized spacial score (nSPS) is 18.2. The van der Waals surface area contributed by atoms with Crippen LogP contribution in [0.2, 0.25) is 0 Å². The van der Waals surface area contributed by atoms with Crippen LogP contribution < -0.4 is 20.7 Å². The lowest BCUT2D eigenvalue weighted by atomic mass is 9.92. The summed E-state index contributed by atoms with van der Waals surface area (Å²) in [5.41, 5.74) is 5.33. The molecule has 2 aromatic heterocycles. The average Bonchev–Trinajstić information content (AvgIpc) is 2.99. The van der Waals surface area contributed by atoms with Gasteiger partial charge in [0.2, 0.25) is 0 Å². The molecule has 3 heterocycles. The number of benzene rings is 1. The number of fused-ring (bicyclic) bond motifs is 4. The Morgan fingerprint density at radius 2 is 2.18 bits per heavy atom. The Morgan fingerprint density at radius 1 is 1.29 bits per heavy atom. The van der Waals surface area contributed by atoms with Gasteiger partial charge in [-0.25, -0.2) is 4.98 Å². The highest BCUT2D eigenvalue weighted by molar-refractivity contribution is 5.96. The predicted octanol–water partition coefficient (Wildman–Crippen LogP) is 2.72. The largest absolute Gasteiger partial charge is 0.482 e. The van der Waals surface area contributed by atoms with Crippen molar-refractivity contribution in [2.45, 2.75) is 25.3 Å². The maximum absolute atomic E-state index is 11.5. The van der Waals surface area contributed by atoms with Crippen LogP contribution in [0.1, 0.15) is 17.7 Å². The number of nitrogens with zero attached hydrogens (tertiary/aromatic N) is 2. The van der Waals surface area contributed by atoms with Crippen LogP contribution in [0.4, 0.5) is 17.2 Å². The van der Waals surface area contributed by atoms with Gasteiger partial charge in [0.1, 0.15) is 17.2 Å². The Labute approximate surface area is 163 Å². The van der Waals surface area contributed by atoms with Crippen LogP contribution in [0.25, 0.3) is 11.0 Å². The molecule has 0 saturated heterocycles. The number of nitrogens with one attached hydrogen (secondary N) is 3. The molecule has 7 heteroatoms. The average molecular weight is 377 g/mol. The third kappa shape index (κ3) is 2.79. The fourth-order valence-corrected chi connectivity index (χ4v) is 4.26. The summed E-state index contributed by atoms with van der Waals surface area (Å²) in [7, 11) is 4.14. The van der Waals surface area contributed by atoms with Gasteiger partial charge >= 0.3 is 0 Å². The second-order valence-corrected chi connectivity index (χ2v) is 7.45. The van der Waals surface area contributed by atoms with Gasteiger partial charge in [-0.2, -0.15) is 0 Å². The van der Waals surface area contributed by atoms with Gasteiger partial charge in [0, 0.05) is 29.9 Å². The number of amides is 1. The molecule has 7 nitrogen and oxygen atoms in total. The fraction of sp³-hybridized carbons (Fsp3) is 0.333. The summed E-state index contributed by atoms with van der Waals surface area (Å²) in [5.74, 6) is 1.32. The first-order valence-electron chi connectivity index (χ1n) is 9.60. The first kappa shape index (κ1) is 17.1. The number of hydrogen-bond acceptors (Lipinski definition) is 5. The molecular weight excluding hydrogens is 354 g/mol. The maximum atomic E-state index is 11.5. The number of likely N-dealkylation sites (N-methyl/N-ethyl adjacent to an activating group) is 1. The highest BCUT2D eigenvalue weighted by atomic mass is 16.5. The van der Waals surface area contributed by atoms with Gasteiger partial charge in [-0.1, -0.05) is 0 Å². The molecule has 28 heavy (non-hydrogen) atoms. The first-order chi connectivity index (χ1) is 13.6. The monoisotopic (exact) mass is 377 g/mol. The lowest BCUT2D eigenvalue weighted by molar-refractivity contribution is -0.118. The van der Waals surface area contributed by atoms with Gasteiger partial charge < -0.3 is 25.3 Å². The Balaban J connectivity index is 1.47. The van der Waals surface area contributed by atoms with Crippen molar-refractivity contribution in [3.8, 4) is 5.75 Å². The molecule has 144 valence electrons. The minimum atomic E-state index is -0.140. The molecular formula is C21H23N5O2. The second-order valence-electron chi connectivity index (χ2n) is 7.45. The van der Waals surface area contributed by atoms with Crippen LogP contribution in [0.15, 0.2) is 30.3 Å². The van der Waals surface area contributed by atoms with Gasteiger partial charge in [-0.15, -0.1) is 0 Å². The second kappa shape index (κ2) is 6.53. The van der Waals surface area contributed by atoms with Crippen molar-refractivity contribution < 1.29 is 9.53 Å². The van der Waals surface area contributed by atoms with Gasteiger partial charge in [-0.05, 0) is 62.2 Å². The van der Waals surface area contributed by atoms with Gasteiger partial charge in [0.25, 0.3) is 5.91 Å². The zero-order valence-electron chi connectivity index (χ0n) is 16.0. The van der Waals surface area contributed by atoms with E-state index < -0.39 is 0 Å². The highest BCUT2D eigenvalue weighted by Gasteiger charge is 2.24. The zero-order chi connectivity index (χ0) is 19.3. The van der Waals surface area contributed by atoms with E-state index in [2.05, 4.69) is 33.6 Å². The van der Waals surface area contributed by atoms with Gasteiger partial charge in [0.15, 0.2) is 6.61 Å². The molecule has 1 amide bonds. The molecule has 0 spiro atoms. The van der Waals surface area contributed by atoms with Crippen molar-refractivity contribution >= 4 is 34.1 Å². The summed E-state index contributed by atoms with van der Waals surface area (Å²) in [6, 6.07) is 10.4. The minimum Gasteiger partial charge on any atom is -0.482 e. The molecule has 3 N–H and O–H groups in total. The van der Waals surface area contributed by atoms with Crippen molar-refractivity contribution in [3.63, 3.8) is 0 Å². The standard InChI is InChI=1S/C21H23N5O2/c1-22-12-3-6-17-15(9-12)14-5-8-19(25-21(14)26(17)2)23-13-4-7-18-16(10-13)24-20(27)11-28-18/h4-5,7-8,10,12,22H,3,6,9,11H2,1-2H3,(H,23,25)(H,24,27). The SMILES string of the molecule is CNC1CCc2c(c3ccc(Nc4ccc5c(c4)NC(=O)CO5)nc3n2C)C1. The number of aromatic nitrogens is 2. The fourth-order valence-electron chi connectivity index (χ4n) is 4.26. The Kier molecular flexibility index (Phi) is 3.98. The van der Waals surface area contributed by atoms with Crippen molar-refractivity contribution in [1.29, 1.82) is 0 Å². The molecule has 5 rings (SSSR count). The third-order valence-corrected chi connectivity index (χ3v) is 5.74. The number of hydrogen-bond donors (Lipinski definition) is 3. The summed E-state index contributed by atoms with van der Waals surface area (Å²) in [6.45, 7) is 0.0601. The highest BCUT2D eigenvalue weighted by Crippen LogP contribution is 2.34. The van der Waals surface area contributed by atoms with Crippen molar-refractivity contribution in [3.05, 3.63) is 41.6 Å². The van der Waals surface area contributed by atoms with Crippen LogP contribution in [0, 0.1) is 0 Å². The molecule has 0 fully saturated rings. The van der Waals surface area contributed by atoms with E-state index in [-0.39, 0.29) is 12.5 Å². The van der Waals surface area contributed by atoms with E-state index in [9.17, 15) is 4.79 Å². The lowest BCUT2D eigenvalue weighted by Gasteiger charge is -2.22. The van der Waals surface area contributed by atoms with E-state index >= 15 is 0 Å². The molecule has 0 radical (unpaired) electrons. The third-order valence-electron chi connectivity index (χ3n) is 5.74. The van der Waals surface area contributed by atoms with E-state index in [0.717, 1.165) is 36.4 Å². The van der Waals surface area contributed by atoms with Gasteiger partial charge in [0.05, 0.1) is 5.69 Å². The summed E-state index contributed by atoms with van der Waals surface area (Å²) < 4.78 is 7.64. The molecule has 1 atom stereocenters. The number of ether oxygens (including phenoxy) is 1. The smallest absolute Gasteiger partial charge is 0.262 e. The summed E-state index contributed by atoms with van der Waals surface area (Å²) >= 11 is 0. The van der Waals surface area contributed by atoms with Crippen molar-refractivity contribution in [2.24, 2.45) is 7.05 Å². The Hall–Kier alpha value is -3.06. The van der Waals surface area contributed by atoms with Crippen LogP contribution in [-0.2, 0) is 24.7 Å². The number of anilines is 3. The number of carbonyl (C=O) groups is 1. The van der Waals surface area contributed by atoms with Crippen molar-refractivity contribution in [1.82, 2.24) is 14.9 Å². The molecule has 1 aromatic carbocycles. The number of aryl methyl sites for hydroxylation is 1. The molecule has 1 aliphatic heterocycles. The van der Waals surface area contributed by atoms with E-state index in [1.165, 1.54) is 16.6 Å². The Bertz CT molecular complexity index is 1090. The zero-order valence-corrected chi connectivity index (χ0v) is 16.0. The molecule has 0 bridgehead atoms. The van der Waals surface area contributed by atoms with E-state index in [1.807, 2.05) is 31.3 Å². The lowest BCUT2D eigenvalue weighted by Crippen LogP contribution is -2.31. The quantitative estimate of drug-likeness (QED) is 0.654.